The summed E-state index contributed by atoms with van der Waals surface area (Å²) >= 11 is 0. The molecule has 0 radical (unpaired) electrons. The summed E-state index contributed by atoms with van der Waals surface area (Å²) in [5.41, 5.74) is -1.80. The van der Waals surface area contributed by atoms with Gasteiger partial charge in [-0.05, 0) is 30.5 Å². The molecule has 0 atom stereocenters. The first-order valence-electron chi connectivity index (χ1n) is 5.88. The van der Waals surface area contributed by atoms with Gasteiger partial charge in [-0.1, -0.05) is 13.8 Å². The molecule has 0 saturated carbocycles. The Balaban J connectivity index is 2.94. The van der Waals surface area contributed by atoms with Crippen LogP contribution in [-0.2, 0) is 16.2 Å². The third-order valence-corrected chi connectivity index (χ3v) is 3.83. The van der Waals surface area contributed by atoms with E-state index in [0.29, 0.717) is 18.6 Å². The highest BCUT2D eigenvalue weighted by Gasteiger charge is 2.34. The molecule has 0 bridgehead atoms. The van der Waals surface area contributed by atoms with E-state index in [1.165, 1.54) is 0 Å². The maximum Gasteiger partial charge on any atom is 0.419 e. The molecule has 114 valence electrons. The third-order valence-electron chi connectivity index (χ3n) is 2.51. The van der Waals surface area contributed by atoms with E-state index in [9.17, 15) is 26.0 Å². The molecule has 0 amide bonds. The molecule has 0 fully saturated rings. The third kappa shape index (κ3) is 4.99. The summed E-state index contributed by atoms with van der Waals surface area (Å²) in [4.78, 5) is 0. The number of anilines is 1. The first-order chi connectivity index (χ1) is 9.01. The predicted molar refractivity (Wildman–Crippen MR) is 68.3 cm³/mol. The van der Waals surface area contributed by atoms with Gasteiger partial charge in [-0.15, -0.1) is 0 Å². The molecule has 0 aliphatic heterocycles. The number of nitrogens with one attached hydrogen (secondary N) is 1. The van der Waals surface area contributed by atoms with Gasteiger partial charge in [-0.3, -0.25) is 4.72 Å². The predicted octanol–water partition coefficient (Wildman–Crippen LogP) is 3.63. The summed E-state index contributed by atoms with van der Waals surface area (Å²) in [6.45, 7) is 3.66. The highest BCUT2D eigenvalue weighted by atomic mass is 32.2. The fourth-order valence-electron chi connectivity index (χ4n) is 1.43. The lowest BCUT2D eigenvalue weighted by atomic mass is 10.2. The standard InChI is InChI=1S/C12H15F4NO2S/c1-8(2)5-6-20(18,19)17-9-3-4-11(13)10(7-9)12(14,15)16/h3-4,7-8,17H,5-6H2,1-2H3. The van der Waals surface area contributed by atoms with Crippen LogP contribution in [0.2, 0.25) is 0 Å². The minimum atomic E-state index is -4.87. The van der Waals surface area contributed by atoms with Gasteiger partial charge in [0.25, 0.3) is 0 Å². The monoisotopic (exact) mass is 313 g/mol. The van der Waals surface area contributed by atoms with Crippen LogP contribution in [0.1, 0.15) is 25.8 Å². The van der Waals surface area contributed by atoms with Crippen molar-refractivity contribution in [2.75, 3.05) is 10.5 Å². The molecule has 1 aromatic carbocycles. The van der Waals surface area contributed by atoms with Crippen molar-refractivity contribution in [1.29, 1.82) is 0 Å². The van der Waals surface area contributed by atoms with Crippen molar-refractivity contribution in [2.45, 2.75) is 26.4 Å². The zero-order chi connectivity index (χ0) is 15.6. The van der Waals surface area contributed by atoms with Crippen LogP contribution in [-0.4, -0.2) is 14.2 Å². The largest absolute Gasteiger partial charge is 0.419 e. The molecule has 0 aliphatic carbocycles. The number of sulfonamides is 1. The normalized spacial score (nSPS) is 12.8. The van der Waals surface area contributed by atoms with Crippen molar-refractivity contribution in [3.8, 4) is 0 Å². The first-order valence-corrected chi connectivity index (χ1v) is 7.54. The zero-order valence-electron chi connectivity index (χ0n) is 11.0. The molecule has 1 N–H and O–H groups in total. The van der Waals surface area contributed by atoms with Crippen LogP contribution in [0.4, 0.5) is 23.2 Å². The van der Waals surface area contributed by atoms with Gasteiger partial charge in [-0.25, -0.2) is 12.8 Å². The summed E-state index contributed by atoms with van der Waals surface area (Å²) in [7, 11) is -3.74. The molecule has 0 saturated heterocycles. The van der Waals surface area contributed by atoms with Gasteiger partial charge in [0.1, 0.15) is 5.82 Å². The molecule has 1 aromatic rings. The van der Waals surface area contributed by atoms with Crippen molar-refractivity contribution in [3.05, 3.63) is 29.6 Å². The summed E-state index contributed by atoms with van der Waals surface area (Å²) in [5.74, 6) is -1.50. The van der Waals surface area contributed by atoms with Crippen LogP contribution in [0.3, 0.4) is 0 Å². The summed E-state index contributed by atoms with van der Waals surface area (Å²) in [6.07, 6.45) is -4.49. The lowest BCUT2D eigenvalue weighted by molar-refractivity contribution is -0.139. The Hall–Kier alpha value is -1.31. The molecule has 0 aliphatic rings. The number of hydrogen-bond donors (Lipinski definition) is 1. The van der Waals surface area contributed by atoms with E-state index < -0.39 is 27.6 Å². The van der Waals surface area contributed by atoms with Crippen LogP contribution >= 0.6 is 0 Å². The Morgan fingerprint density at radius 1 is 1.25 bits per heavy atom. The summed E-state index contributed by atoms with van der Waals surface area (Å²) in [5, 5.41) is 0. The topological polar surface area (TPSA) is 46.2 Å². The quantitative estimate of drug-likeness (QED) is 0.844. The Morgan fingerprint density at radius 2 is 1.85 bits per heavy atom. The second-order valence-corrected chi connectivity index (χ2v) is 6.64. The van der Waals surface area contributed by atoms with Gasteiger partial charge >= 0.3 is 6.18 Å². The van der Waals surface area contributed by atoms with Crippen molar-refractivity contribution in [1.82, 2.24) is 0 Å². The van der Waals surface area contributed by atoms with Gasteiger partial charge in [0.05, 0.1) is 11.3 Å². The Bertz CT molecular complexity index is 567. The Labute approximate surface area is 115 Å². The average molecular weight is 313 g/mol. The number of rotatable bonds is 5. The van der Waals surface area contributed by atoms with Crippen molar-refractivity contribution < 1.29 is 26.0 Å². The SMILES string of the molecule is CC(C)CCS(=O)(=O)Nc1ccc(F)c(C(F)(F)F)c1. The zero-order valence-corrected chi connectivity index (χ0v) is 11.8. The minimum absolute atomic E-state index is 0.144. The van der Waals surface area contributed by atoms with Crippen molar-refractivity contribution in [2.24, 2.45) is 5.92 Å². The molecular weight excluding hydrogens is 298 g/mol. The fourth-order valence-corrected chi connectivity index (χ4v) is 2.80. The molecule has 20 heavy (non-hydrogen) atoms. The van der Waals surface area contributed by atoms with Crippen LogP contribution in [0.15, 0.2) is 18.2 Å². The smallest absolute Gasteiger partial charge is 0.284 e. The minimum Gasteiger partial charge on any atom is -0.284 e. The molecule has 3 nitrogen and oxygen atoms in total. The number of halogens is 4. The molecule has 0 spiro atoms. The van der Waals surface area contributed by atoms with E-state index in [1.807, 2.05) is 18.6 Å². The average Bonchev–Trinajstić information content (AvgIpc) is 2.27. The van der Waals surface area contributed by atoms with E-state index in [1.54, 1.807) is 0 Å². The number of alkyl halides is 3. The van der Waals surface area contributed by atoms with Gasteiger partial charge in [0, 0.05) is 5.69 Å². The number of hydrogen-bond acceptors (Lipinski definition) is 2. The van der Waals surface area contributed by atoms with Gasteiger partial charge in [-0.2, -0.15) is 13.2 Å². The maximum absolute atomic E-state index is 13.1. The Kier molecular flexibility index (Phi) is 5.01. The molecule has 0 unspecified atom stereocenters. The summed E-state index contributed by atoms with van der Waals surface area (Å²) < 4.78 is 75.9. The van der Waals surface area contributed by atoms with Crippen LogP contribution < -0.4 is 4.72 Å². The van der Waals surface area contributed by atoms with E-state index in [4.69, 9.17) is 0 Å². The van der Waals surface area contributed by atoms with Gasteiger partial charge in [0.2, 0.25) is 10.0 Å². The highest BCUT2D eigenvalue weighted by Crippen LogP contribution is 2.33. The lowest BCUT2D eigenvalue weighted by Gasteiger charge is -2.12. The van der Waals surface area contributed by atoms with E-state index in [0.717, 1.165) is 6.07 Å². The van der Waals surface area contributed by atoms with Gasteiger partial charge < -0.3 is 0 Å². The highest BCUT2D eigenvalue weighted by molar-refractivity contribution is 7.92. The molecular formula is C12H15F4NO2S. The lowest BCUT2D eigenvalue weighted by Crippen LogP contribution is -2.18. The second kappa shape index (κ2) is 5.99. The molecule has 8 heteroatoms. The fraction of sp³-hybridized carbons (Fsp3) is 0.500. The summed E-state index contributed by atoms with van der Waals surface area (Å²) in [6, 6.07) is 1.99. The Morgan fingerprint density at radius 3 is 2.35 bits per heavy atom. The first kappa shape index (κ1) is 16.7. The molecule has 0 heterocycles. The number of benzene rings is 1. The van der Waals surface area contributed by atoms with Gasteiger partial charge in [0.15, 0.2) is 0 Å². The molecule has 1 rings (SSSR count). The van der Waals surface area contributed by atoms with Crippen LogP contribution in [0.25, 0.3) is 0 Å². The van der Waals surface area contributed by atoms with E-state index in [2.05, 4.69) is 0 Å². The van der Waals surface area contributed by atoms with E-state index in [-0.39, 0.29) is 17.4 Å². The molecule has 0 aromatic heterocycles. The van der Waals surface area contributed by atoms with Crippen LogP contribution in [0.5, 0.6) is 0 Å². The van der Waals surface area contributed by atoms with Crippen molar-refractivity contribution in [3.63, 3.8) is 0 Å². The van der Waals surface area contributed by atoms with Crippen molar-refractivity contribution >= 4 is 15.7 Å². The maximum atomic E-state index is 13.1. The second-order valence-electron chi connectivity index (χ2n) is 4.80. The van der Waals surface area contributed by atoms with Crippen LogP contribution in [0, 0.1) is 11.7 Å². The van der Waals surface area contributed by atoms with E-state index >= 15 is 0 Å².